The van der Waals surface area contributed by atoms with Crippen LogP contribution in [0.15, 0.2) is 12.5 Å². The van der Waals surface area contributed by atoms with E-state index in [1.807, 2.05) is 12.5 Å². The van der Waals surface area contributed by atoms with Crippen LogP contribution in [0.2, 0.25) is 0 Å². The number of imidazole rings is 1. The lowest BCUT2D eigenvalue weighted by atomic mass is 10.2. The highest BCUT2D eigenvalue weighted by molar-refractivity contribution is 4.99. The number of hydrogen-bond acceptors (Lipinski definition) is 3. The first kappa shape index (κ1) is 12.2. The van der Waals surface area contributed by atoms with Crippen LogP contribution >= 0.6 is 0 Å². The second-order valence-corrected chi connectivity index (χ2v) is 3.70. The van der Waals surface area contributed by atoms with E-state index in [-0.39, 0.29) is 0 Å². The molecule has 0 aliphatic heterocycles. The van der Waals surface area contributed by atoms with Crippen LogP contribution in [0.4, 0.5) is 0 Å². The normalized spacial score (nSPS) is 13.0. The van der Waals surface area contributed by atoms with Gasteiger partial charge in [-0.25, -0.2) is 4.98 Å². The van der Waals surface area contributed by atoms with Crippen molar-refractivity contribution in [1.29, 1.82) is 0 Å². The van der Waals surface area contributed by atoms with Crippen molar-refractivity contribution in [3.63, 3.8) is 0 Å². The maximum Gasteiger partial charge on any atom is 0.0951 e. The molecule has 0 aliphatic carbocycles. The van der Waals surface area contributed by atoms with Gasteiger partial charge in [-0.1, -0.05) is 6.92 Å². The van der Waals surface area contributed by atoms with Gasteiger partial charge in [-0.2, -0.15) is 0 Å². The highest BCUT2D eigenvalue weighted by Gasteiger charge is 2.08. The Morgan fingerprint density at radius 2 is 2.40 bits per heavy atom. The van der Waals surface area contributed by atoms with Crippen molar-refractivity contribution in [2.24, 2.45) is 0 Å². The van der Waals surface area contributed by atoms with Gasteiger partial charge in [0, 0.05) is 32.5 Å². The molecule has 0 aliphatic rings. The third kappa shape index (κ3) is 3.64. The Balaban J connectivity index is 2.54. The van der Waals surface area contributed by atoms with Gasteiger partial charge in [-0.3, -0.25) is 0 Å². The molecule has 0 aromatic carbocycles. The van der Waals surface area contributed by atoms with Crippen LogP contribution in [0.5, 0.6) is 0 Å². The van der Waals surface area contributed by atoms with Crippen molar-refractivity contribution in [3.05, 3.63) is 18.2 Å². The largest absolute Gasteiger partial charge is 0.385 e. The molecule has 0 radical (unpaired) electrons. The van der Waals surface area contributed by atoms with Crippen LogP contribution in [-0.4, -0.2) is 29.8 Å². The fourth-order valence-corrected chi connectivity index (χ4v) is 1.55. The highest BCUT2D eigenvalue weighted by atomic mass is 16.5. The minimum Gasteiger partial charge on any atom is -0.385 e. The highest BCUT2D eigenvalue weighted by Crippen LogP contribution is 2.13. The van der Waals surface area contributed by atoms with E-state index < -0.39 is 0 Å². The lowest BCUT2D eigenvalue weighted by Crippen LogP contribution is -2.17. The molecule has 4 heteroatoms. The Morgan fingerprint density at radius 1 is 1.60 bits per heavy atom. The summed E-state index contributed by atoms with van der Waals surface area (Å²) in [6.45, 7) is 6.96. The number of ether oxygens (including phenoxy) is 1. The van der Waals surface area contributed by atoms with Crippen LogP contribution in [0.1, 0.15) is 32.0 Å². The van der Waals surface area contributed by atoms with Gasteiger partial charge in [0.05, 0.1) is 12.0 Å². The van der Waals surface area contributed by atoms with Gasteiger partial charge in [-0.15, -0.1) is 0 Å². The first-order valence-corrected chi connectivity index (χ1v) is 5.50. The van der Waals surface area contributed by atoms with Crippen LogP contribution < -0.4 is 5.32 Å². The zero-order valence-corrected chi connectivity index (χ0v) is 9.86. The van der Waals surface area contributed by atoms with Crippen LogP contribution in [-0.2, 0) is 11.3 Å². The zero-order chi connectivity index (χ0) is 11.1. The molecular weight excluding hydrogens is 190 g/mol. The van der Waals surface area contributed by atoms with E-state index in [4.69, 9.17) is 4.74 Å². The van der Waals surface area contributed by atoms with Gasteiger partial charge in [0.15, 0.2) is 0 Å². The summed E-state index contributed by atoms with van der Waals surface area (Å²) in [5.41, 5.74) is 1.24. The second-order valence-electron chi connectivity index (χ2n) is 3.70. The van der Waals surface area contributed by atoms with E-state index in [0.29, 0.717) is 6.04 Å². The van der Waals surface area contributed by atoms with Crippen LogP contribution in [0.3, 0.4) is 0 Å². The first-order valence-electron chi connectivity index (χ1n) is 5.50. The number of nitrogens with one attached hydrogen (secondary N) is 1. The number of nitrogens with zero attached hydrogens (tertiary/aromatic N) is 2. The first-order chi connectivity index (χ1) is 7.29. The molecule has 0 saturated heterocycles. The fourth-order valence-electron chi connectivity index (χ4n) is 1.55. The van der Waals surface area contributed by atoms with Crippen LogP contribution in [0.25, 0.3) is 0 Å². The molecule has 1 rings (SSSR count). The molecule has 0 saturated carbocycles. The quantitative estimate of drug-likeness (QED) is 0.744. The molecule has 1 heterocycles. The van der Waals surface area contributed by atoms with E-state index >= 15 is 0 Å². The maximum atomic E-state index is 5.08. The molecule has 0 spiro atoms. The van der Waals surface area contributed by atoms with Crippen molar-refractivity contribution in [1.82, 2.24) is 14.9 Å². The summed E-state index contributed by atoms with van der Waals surface area (Å²) in [4.78, 5) is 4.19. The van der Waals surface area contributed by atoms with E-state index in [2.05, 4.69) is 28.7 Å². The van der Waals surface area contributed by atoms with Gasteiger partial charge in [0.2, 0.25) is 0 Å². The maximum absolute atomic E-state index is 5.08. The van der Waals surface area contributed by atoms with E-state index in [1.54, 1.807) is 7.11 Å². The van der Waals surface area contributed by atoms with Crippen molar-refractivity contribution in [3.8, 4) is 0 Å². The molecule has 0 amide bonds. The lowest BCUT2D eigenvalue weighted by Gasteiger charge is -2.16. The molecule has 1 unspecified atom stereocenters. The van der Waals surface area contributed by atoms with E-state index in [9.17, 15) is 0 Å². The number of methoxy groups -OCH3 is 1. The standard InChI is InChI=1S/C11H21N3O/c1-4-12-7-11-8-13-9-14(11)10(2)5-6-15-3/h8-10,12H,4-7H2,1-3H3. The fraction of sp³-hybridized carbons (Fsp3) is 0.727. The molecule has 0 fully saturated rings. The minimum absolute atomic E-state index is 0.445. The Kier molecular flexibility index (Phi) is 5.36. The van der Waals surface area contributed by atoms with E-state index in [1.165, 1.54) is 5.69 Å². The lowest BCUT2D eigenvalue weighted by molar-refractivity contribution is 0.180. The van der Waals surface area contributed by atoms with E-state index in [0.717, 1.165) is 26.1 Å². The Morgan fingerprint density at radius 3 is 3.07 bits per heavy atom. The smallest absolute Gasteiger partial charge is 0.0951 e. The molecule has 1 N–H and O–H groups in total. The number of aromatic nitrogens is 2. The number of hydrogen-bond donors (Lipinski definition) is 1. The van der Waals surface area contributed by atoms with Gasteiger partial charge in [0.1, 0.15) is 0 Å². The Bertz CT molecular complexity index is 273. The Labute approximate surface area is 91.7 Å². The summed E-state index contributed by atoms with van der Waals surface area (Å²) < 4.78 is 7.29. The minimum atomic E-state index is 0.445. The monoisotopic (exact) mass is 211 g/mol. The predicted octanol–water partition coefficient (Wildman–Crippen LogP) is 1.59. The zero-order valence-electron chi connectivity index (χ0n) is 9.86. The second kappa shape index (κ2) is 6.58. The molecular formula is C11H21N3O. The molecule has 0 bridgehead atoms. The third-order valence-corrected chi connectivity index (χ3v) is 2.52. The summed E-state index contributed by atoms with van der Waals surface area (Å²) in [7, 11) is 1.74. The Hall–Kier alpha value is -0.870. The van der Waals surface area contributed by atoms with Gasteiger partial charge in [0.25, 0.3) is 0 Å². The third-order valence-electron chi connectivity index (χ3n) is 2.52. The molecule has 1 atom stereocenters. The molecule has 1 aromatic rings. The van der Waals surface area contributed by atoms with Crippen molar-refractivity contribution < 1.29 is 4.74 Å². The topological polar surface area (TPSA) is 39.1 Å². The summed E-state index contributed by atoms with van der Waals surface area (Å²) in [6.07, 6.45) is 4.84. The summed E-state index contributed by atoms with van der Waals surface area (Å²) >= 11 is 0. The molecule has 86 valence electrons. The number of rotatable bonds is 7. The van der Waals surface area contributed by atoms with Crippen molar-refractivity contribution in [2.75, 3.05) is 20.3 Å². The van der Waals surface area contributed by atoms with Gasteiger partial charge >= 0.3 is 0 Å². The summed E-state index contributed by atoms with van der Waals surface area (Å²) in [5, 5.41) is 3.31. The summed E-state index contributed by atoms with van der Waals surface area (Å²) in [6, 6.07) is 0.445. The summed E-state index contributed by atoms with van der Waals surface area (Å²) in [5.74, 6) is 0. The van der Waals surface area contributed by atoms with Crippen LogP contribution in [0, 0.1) is 0 Å². The average molecular weight is 211 g/mol. The SMILES string of the molecule is CCNCc1cncn1C(C)CCOC. The molecule has 4 nitrogen and oxygen atoms in total. The van der Waals surface area contributed by atoms with Crippen molar-refractivity contribution >= 4 is 0 Å². The van der Waals surface area contributed by atoms with Gasteiger partial charge in [-0.05, 0) is 19.9 Å². The molecule has 1 aromatic heterocycles. The van der Waals surface area contributed by atoms with Gasteiger partial charge < -0.3 is 14.6 Å². The van der Waals surface area contributed by atoms with Crippen molar-refractivity contribution in [2.45, 2.75) is 32.9 Å². The molecule has 15 heavy (non-hydrogen) atoms. The predicted molar refractivity (Wildman–Crippen MR) is 60.8 cm³/mol. The average Bonchev–Trinajstić information content (AvgIpc) is 2.71.